The smallest absolute Gasteiger partial charge is 0.262 e. The van der Waals surface area contributed by atoms with Crippen molar-refractivity contribution in [3.8, 4) is 5.75 Å². The van der Waals surface area contributed by atoms with Crippen LogP contribution in [0.3, 0.4) is 0 Å². The summed E-state index contributed by atoms with van der Waals surface area (Å²) < 4.78 is 6.78. The fourth-order valence-corrected chi connectivity index (χ4v) is 2.84. The largest absolute Gasteiger partial charge is 0.482 e. The Morgan fingerprint density at radius 1 is 1.50 bits per heavy atom. The van der Waals surface area contributed by atoms with E-state index in [1.54, 1.807) is 32.2 Å². The van der Waals surface area contributed by atoms with Gasteiger partial charge in [-0.3, -0.25) is 9.59 Å². The lowest BCUT2D eigenvalue weighted by Gasteiger charge is -2.18. The molecule has 0 spiro atoms. The average molecular weight is 319 g/mol. The van der Waals surface area contributed by atoms with E-state index in [0.717, 1.165) is 0 Å². The Morgan fingerprint density at radius 2 is 2.32 bits per heavy atom. The number of aromatic nitrogens is 4. The zero-order valence-electron chi connectivity index (χ0n) is 11.9. The monoisotopic (exact) mass is 319 g/mol. The van der Waals surface area contributed by atoms with Crippen LogP contribution in [0.4, 0.5) is 5.69 Å². The molecule has 9 heteroatoms. The molecule has 1 aliphatic rings. The van der Waals surface area contributed by atoms with Crippen molar-refractivity contribution in [1.82, 2.24) is 20.2 Å². The van der Waals surface area contributed by atoms with Gasteiger partial charge in [0.05, 0.1) is 10.9 Å². The van der Waals surface area contributed by atoms with E-state index in [4.69, 9.17) is 4.74 Å². The Bertz CT molecular complexity index is 745. The number of carbonyl (C=O) groups is 2. The summed E-state index contributed by atoms with van der Waals surface area (Å²) in [6, 6.07) is 4.99. The summed E-state index contributed by atoms with van der Waals surface area (Å²) in [7, 11) is 1.71. The quantitative estimate of drug-likeness (QED) is 0.660. The lowest BCUT2D eigenvalue weighted by atomic mass is 10.1. The molecule has 114 valence electrons. The van der Waals surface area contributed by atoms with Crippen molar-refractivity contribution in [3.05, 3.63) is 23.8 Å². The standard InChI is InChI=1S/C13H13N5O3S/c1-7(22-13-15-16-17-18(13)2)12(20)8-3-4-10-9(5-8)14-11(19)6-21-10/h3-5,7H,6H2,1-2H3,(H,14,19). The van der Waals surface area contributed by atoms with Crippen molar-refractivity contribution < 1.29 is 14.3 Å². The van der Waals surface area contributed by atoms with Crippen molar-refractivity contribution in [1.29, 1.82) is 0 Å². The number of thioether (sulfide) groups is 1. The van der Waals surface area contributed by atoms with E-state index in [-0.39, 0.29) is 23.5 Å². The lowest BCUT2D eigenvalue weighted by Crippen LogP contribution is -2.25. The molecule has 0 bridgehead atoms. The van der Waals surface area contributed by atoms with E-state index < -0.39 is 0 Å². The number of Topliss-reactive ketones (excluding diaryl/α,β-unsaturated/α-hetero) is 1. The molecule has 1 N–H and O–H groups in total. The zero-order chi connectivity index (χ0) is 15.7. The van der Waals surface area contributed by atoms with Crippen LogP contribution >= 0.6 is 11.8 Å². The maximum absolute atomic E-state index is 12.5. The van der Waals surface area contributed by atoms with Gasteiger partial charge in [-0.15, -0.1) is 5.10 Å². The van der Waals surface area contributed by atoms with Gasteiger partial charge in [0.15, 0.2) is 12.4 Å². The van der Waals surface area contributed by atoms with Crippen molar-refractivity contribution in [2.45, 2.75) is 17.3 Å². The first-order chi connectivity index (χ1) is 10.5. The number of fused-ring (bicyclic) bond motifs is 1. The molecule has 22 heavy (non-hydrogen) atoms. The molecule has 0 radical (unpaired) electrons. The number of aryl methyl sites for hydroxylation is 1. The maximum atomic E-state index is 12.5. The summed E-state index contributed by atoms with van der Waals surface area (Å²) in [5.74, 6) is 0.259. The first-order valence-corrected chi connectivity index (χ1v) is 7.42. The van der Waals surface area contributed by atoms with Crippen LogP contribution in [0.25, 0.3) is 0 Å². The summed E-state index contributed by atoms with van der Waals surface area (Å²) in [5.41, 5.74) is 1.01. The highest BCUT2D eigenvalue weighted by atomic mass is 32.2. The average Bonchev–Trinajstić information content (AvgIpc) is 2.90. The number of rotatable bonds is 4. The lowest BCUT2D eigenvalue weighted by molar-refractivity contribution is -0.118. The van der Waals surface area contributed by atoms with Crippen molar-refractivity contribution in [2.24, 2.45) is 7.05 Å². The third-order valence-corrected chi connectivity index (χ3v) is 4.25. The second-order valence-electron chi connectivity index (χ2n) is 4.76. The molecule has 1 aromatic heterocycles. The van der Waals surface area contributed by atoms with Crippen LogP contribution in [-0.2, 0) is 11.8 Å². The molecular weight excluding hydrogens is 306 g/mol. The molecule has 1 atom stereocenters. The molecule has 1 aliphatic heterocycles. The topological polar surface area (TPSA) is 99.0 Å². The Labute approximate surface area is 130 Å². The number of hydrogen-bond donors (Lipinski definition) is 1. The molecule has 0 saturated heterocycles. The minimum Gasteiger partial charge on any atom is -0.482 e. The first-order valence-electron chi connectivity index (χ1n) is 6.54. The van der Waals surface area contributed by atoms with Gasteiger partial charge in [0.2, 0.25) is 5.16 Å². The van der Waals surface area contributed by atoms with Crippen LogP contribution in [0.2, 0.25) is 0 Å². The number of ether oxygens (including phenoxy) is 1. The van der Waals surface area contributed by atoms with Crippen molar-refractivity contribution in [2.75, 3.05) is 11.9 Å². The van der Waals surface area contributed by atoms with Crippen molar-refractivity contribution >= 4 is 29.1 Å². The molecule has 8 nitrogen and oxygen atoms in total. The second-order valence-corrected chi connectivity index (χ2v) is 6.07. The van der Waals surface area contributed by atoms with Crippen LogP contribution in [-0.4, -0.2) is 43.8 Å². The number of hydrogen-bond acceptors (Lipinski definition) is 7. The number of anilines is 1. The van der Waals surface area contributed by atoms with Crippen LogP contribution < -0.4 is 10.1 Å². The minimum atomic E-state index is -0.358. The summed E-state index contributed by atoms with van der Waals surface area (Å²) in [5, 5.41) is 14.0. The SMILES string of the molecule is CC(Sc1nnnn1C)C(=O)c1ccc2c(c1)NC(=O)CO2. The van der Waals surface area contributed by atoms with E-state index in [0.29, 0.717) is 22.2 Å². The van der Waals surface area contributed by atoms with Gasteiger partial charge < -0.3 is 10.1 Å². The predicted molar refractivity (Wildman–Crippen MR) is 79.0 cm³/mol. The fourth-order valence-electron chi connectivity index (χ4n) is 2.00. The highest BCUT2D eigenvalue weighted by Crippen LogP contribution is 2.30. The second kappa shape index (κ2) is 5.76. The molecular formula is C13H13N5O3S. The van der Waals surface area contributed by atoms with E-state index >= 15 is 0 Å². The summed E-state index contributed by atoms with van der Waals surface area (Å²) in [6.45, 7) is 1.78. The maximum Gasteiger partial charge on any atom is 0.262 e. The number of nitrogens with zero attached hydrogens (tertiary/aromatic N) is 4. The molecule has 0 aliphatic carbocycles. The third kappa shape index (κ3) is 2.80. The summed E-state index contributed by atoms with van der Waals surface area (Å²) in [4.78, 5) is 23.8. The van der Waals surface area contributed by atoms with Gasteiger partial charge in [0.1, 0.15) is 5.75 Å². The van der Waals surface area contributed by atoms with Gasteiger partial charge in [-0.2, -0.15) is 0 Å². The molecule has 0 fully saturated rings. The van der Waals surface area contributed by atoms with Gasteiger partial charge in [0, 0.05) is 12.6 Å². The number of benzene rings is 1. The molecule has 1 aromatic carbocycles. The molecule has 2 aromatic rings. The van der Waals surface area contributed by atoms with Gasteiger partial charge in [-0.05, 0) is 35.5 Å². The molecule has 2 heterocycles. The summed E-state index contributed by atoms with van der Waals surface area (Å²) in [6.07, 6.45) is 0. The Kier molecular flexibility index (Phi) is 3.80. The highest BCUT2D eigenvalue weighted by molar-refractivity contribution is 8.00. The van der Waals surface area contributed by atoms with Gasteiger partial charge in [-0.1, -0.05) is 11.8 Å². The summed E-state index contributed by atoms with van der Waals surface area (Å²) >= 11 is 1.28. The number of amides is 1. The zero-order valence-corrected chi connectivity index (χ0v) is 12.8. The van der Waals surface area contributed by atoms with Gasteiger partial charge in [-0.25, -0.2) is 4.68 Å². The molecule has 0 saturated carbocycles. The molecule has 3 rings (SSSR count). The minimum absolute atomic E-state index is 0.00823. The van der Waals surface area contributed by atoms with Gasteiger partial charge >= 0.3 is 0 Å². The molecule has 1 unspecified atom stereocenters. The highest BCUT2D eigenvalue weighted by Gasteiger charge is 2.22. The van der Waals surface area contributed by atoms with E-state index in [1.165, 1.54) is 16.4 Å². The number of ketones is 1. The van der Waals surface area contributed by atoms with Crippen LogP contribution in [0.1, 0.15) is 17.3 Å². The van der Waals surface area contributed by atoms with Crippen LogP contribution in [0.5, 0.6) is 5.75 Å². The predicted octanol–water partition coefficient (Wildman–Crippen LogP) is 0.904. The fraction of sp³-hybridized carbons (Fsp3) is 0.308. The van der Waals surface area contributed by atoms with Crippen LogP contribution in [0.15, 0.2) is 23.4 Å². The van der Waals surface area contributed by atoms with E-state index in [2.05, 4.69) is 20.8 Å². The van der Waals surface area contributed by atoms with E-state index in [1.807, 2.05) is 0 Å². The number of nitrogens with one attached hydrogen (secondary N) is 1. The number of tetrazole rings is 1. The van der Waals surface area contributed by atoms with Crippen molar-refractivity contribution in [3.63, 3.8) is 0 Å². The Hall–Kier alpha value is -2.42. The van der Waals surface area contributed by atoms with Gasteiger partial charge in [0.25, 0.3) is 5.91 Å². The normalized spacial score (nSPS) is 14.7. The Morgan fingerprint density at radius 3 is 3.05 bits per heavy atom. The van der Waals surface area contributed by atoms with Crippen LogP contribution in [0, 0.1) is 0 Å². The number of carbonyl (C=O) groups excluding carboxylic acids is 2. The Balaban J connectivity index is 1.78. The third-order valence-electron chi connectivity index (χ3n) is 3.13. The first kappa shape index (κ1) is 14.5. The molecule has 1 amide bonds. The van der Waals surface area contributed by atoms with E-state index in [9.17, 15) is 9.59 Å².